The van der Waals surface area contributed by atoms with Gasteiger partial charge < -0.3 is 10.2 Å². The summed E-state index contributed by atoms with van der Waals surface area (Å²) in [4.78, 5) is 15.8. The smallest absolute Gasteiger partial charge is 0.254 e. The van der Waals surface area contributed by atoms with Crippen molar-refractivity contribution in [3.8, 4) is 0 Å². The number of amides is 1. The number of halogens is 1. The van der Waals surface area contributed by atoms with Gasteiger partial charge in [0.1, 0.15) is 0 Å². The fourth-order valence-electron chi connectivity index (χ4n) is 3.22. The monoisotopic (exact) mass is 312 g/mol. The Kier molecular flexibility index (Phi) is 5.35. The summed E-state index contributed by atoms with van der Waals surface area (Å²) in [7, 11) is 0. The number of thioether (sulfide) groups is 1. The standard InChI is InChI=1S/C15H20N2OS.ClH/c1-19-14-5-3-2-4-12(14)15(18)17-9-7-13-11(10-17)6-8-16-13;/h2-5,11,13,16H,6-10H2,1H3;1H. The van der Waals surface area contributed by atoms with Crippen molar-refractivity contribution < 1.29 is 4.79 Å². The number of fused-ring (bicyclic) bond motifs is 1. The summed E-state index contributed by atoms with van der Waals surface area (Å²) < 4.78 is 0. The molecule has 3 nitrogen and oxygen atoms in total. The first-order chi connectivity index (χ1) is 9.29. The molecule has 2 fully saturated rings. The maximum absolute atomic E-state index is 12.7. The molecular weight excluding hydrogens is 292 g/mol. The van der Waals surface area contributed by atoms with Gasteiger partial charge in [-0.15, -0.1) is 24.2 Å². The Morgan fingerprint density at radius 1 is 1.35 bits per heavy atom. The van der Waals surface area contributed by atoms with E-state index >= 15 is 0 Å². The predicted molar refractivity (Wildman–Crippen MR) is 85.9 cm³/mol. The van der Waals surface area contributed by atoms with E-state index in [1.807, 2.05) is 35.4 Å². The molecule has 5 heteroatoms. The number of nitrogens with zero attached hydrogens (tertiary/aromatic N) is 1. The second-order valence-electron chi connectivity index (χ2n) is 5.35. The van der Waals surface area contributed by atoms with Crippen LogP contribution < -0.4 is 5.32 Å². The number of carbonyl (C=O) groups is 1. The lowest BCUT2D eigenvalue weighted by Gasteiger charge is -2.35. The molecule has 2 heterocycles. The van der Waals surface area contributed by atoms with Crippen LogP contribution in [0, 0.1) is 5.92 Å². The van der Waals surface area contributed by atoms with E-state index in [-0.39, 0.29) is 18.3 Å². The van der Waals surface area contributed by atoms with Gasteiger partial charge in [-0.3, -0.25) is 4.79 Å². The summed E-state index contributed by atoms with van der Waals surface area (Å²) in [5.41, 5.74) is 0.861. The van der Waals surface area contributed by atoms with E-state index in [4.69, 9.17) is 0 Å². The Morgan fingerprint density at radius 3 is 2.95 bits per heavy atom. The third kappa shape index (κ3) is 2.97. The largest absolute Gasteiger partial charge is 0.338 e. The van der Waals surface area contributed by atoms with Crippen LogP contribution in [0.2, 0.25) is 0 Å². The molecule has 2 aliphatic heterocycles. The van der Waals surface area contributed by atoms with Crippen molar-refractivity contribution >= 4 is 30.1 Å². The van der Waals surface area contributed by atoms with Crippen LogP contribution >= 0.6 is 24.2 Å². The maximum atomic E-state index is 12.7. The summed E-state index contributed by atoms with van der Waals surface area (Å²) in [5.74, 6) is 0.856. The van der Waals surface area contributed by atoms with Gasteiger partial charge in [-0.05, 0) is 43.7 Å². The minimum Gasteiger partial charge on any atom is -0.338 e. The molecule has 1 N–H and O–H groups in total. The highest BCUT2D eigenvalue weighted by molar-refractivity contribution is 7.98. The number of rotatable bonds is 2. The van der Waals surface area contributed by atoms with Gasteiger partial charge in [0.05, 0.1) is 5.56 Å². The van der Waals surface area contributed by atoms with Gasteiger partial charge >= 0.3 is 0 Å². The lowest BCUT2D eigenvalue weighted by atomic mass is 9.93. The molecule has 1 aromatic carbocycles. The topological polar surface area (TPSA) is 32.3 Å². The first kappa shape index (κ1) is 15.7. The molecule has 2 unspecified atom stereocenters. The summed E-state index contributed by atoms with van der Waals surface area (Å²) >= 11 is 1.65. The van der Waals surface area contributed by atoms with Crippen molar-refractivity contribution in [1.82, 2.24) is 10.2 Å². The number of likely N-dealkylation sites (tertiary alicyclic amines) is 1. The second-order valence-corrected chi connectivity index (χ2v) is 6.20. The molecular formula is C15H21ClN2OS. The van der Waals surface area contributed by atoms with E-state index in [2.05, 4.69) is 5.32 Å². The number of carbonyl (C=O) groups excluding carboxylic acids is 1. The average Bonchev–Trinajstić information content (AvgIpc) is 2.93. The minimum atomic E-state index is 0. The fraction of sp³-hybridized carbons (Fsp3) is 0.533. The van der Waals surface area contributed by atoms with Gasteiger partial charge in [0.25, 0.3) is 5.91 Å². The summed E-state index contributed by atoms with van der Waals surface area (Å²) in [5, 5.41) is 3.54. The number of hydrogen-bond acceptors (Lipinski definition) is 3. The van der Waals surface area contributed by atoms with Gasteiger partial charge in [-0.2, -0.15) is 0 Å². The van der Waals surface area contributed by atoms with Gasteiger partial charge in [-0.1, -0.05) is 12.1 Å². The van der Waals surface area contributed by atoms with Crippen LogP contribution in [0.1, 0.15) is 23.2 Å². The Bertz CT molecular complexity index is 483. The van der Waals surface area contributed by atoms with Crippen molar-refractivity contribution in [2.24, 2.45) is 5.92 Å². The van der Waals surface area contributed by atoms with E-state index in [1.165, 1.54) is 6.42 Å². The van der Waals surface area contributed by atoms with E-state index in [0.29, 0.717) is 12.0 Å². The van der Waals surface area contributed by atoms with Crippen LogP contribution in [0.5, 0.6) is 0 Å². The normalized spacial score (nSPS) is 24.9. The summed E-state index contributed by atoms with van der Waals surface area (Å²) in [6.07, 6.45) is 4.33. The molecule has 110 valence electrons. The molecule has 1 aromatic rings. The average molecular weight is 313 g/mol. The Balaban J connectivity index is 0.00000147. The van der Waals surface area contributed by atoms with Crippen LogP contribution in [0.4, 0.5) is 0 Å². The minimum absolute atomic E-state index is 0. The predicted octanol–water partition coefficient (Wildman–Crippen LogP) is 2.65. The molecule has 0 aromatic heterocycles. The Hall–Kier alpha value is -0.710. The van der Waals surface area contributed by atoms with E-state index in [9.17, 15) is 4.79 Å². The molecule has 0 radical (unpaired) electrons. The van der Waals surface area contributed by atoms with Gasteiger partial charge in [0, 0.05) is 24.0 Å². The molecule has 0 bridgehead atoms. The van der Waals surface area contributed by atoms with Crippen LogP contribution in [-0.2, 0) is 0 Å². The first-order valence-corrected chi connectivity index (χ1v) is 8.17. The number of hydrogen-bond donors (Lipinski definition) is 1. The molecule has 3 rings (SSSR count). The lowest BCUT2D eigenvalue weighted by Crippen LogP contribution is -2.46. The van der Waals surface area contributed by atoms with Gasteiger partial charge in [0.15, 0.2) is 0 Å². The third-order valence-electron chi connectivity index (χ3n) is 4.28. The van der Waals surface area contributed by atoms with Crippen molar-refractivity contribution in [2.75, 3.05) is 25.9 Å². The van der Waals surface area contributed by atoms with Crippen molar-refractivity contribution in [2.45, 2.75) is 23.8 Å². The summed E-state index contributed by atoms with van der Waals surface area (Å²) in [6, 6.07) is 8.57. The fourth-order valence-corrected chi connectivity index (χ4v) is 3.81. The molecule has 0 spiro atoms. The van der Waals surface area contributed by atoms with E-state index in [1.54, 1.807) is 11.8 Å². The number of benzene rings is 1. The molecule has 2 saturated heterocycles. The Labute approximate surface area is 130 Å². The molecule has 20 heavy (non-hydrogen) atoms. The first-order valence-electron chi connectivity index (χ1n) is 6.95. The van der Waals surface area contributed by atoms with E-state index < -0.39 is 0 Å². The van der Waals surface area contributed by atoms with Crippen LogP contribution in [-0.4, -0.2) is 42.7 Å². The third-order valence-corrected chi connectivity index (χ3v) is 5.08. The zero-order valence-corrected chi connectivity index (χ0v) is 13.3. The zero-order chi connectivity index (χ0) is 13.2. The van der Waals surface area contributed by atoms with E-state index in [0.717, 1.165) is 36.5 Å². The molecule has 0 aliphatic carbocycles. The van der Waals surface area contributed by atoms with Crippen LogP contribution in [0.25, 0.3) is 0 Å². The maximum Gasteiger partial charge on any atom is 0.254 e. The summed E-state index contributed by atoms with van der Waals surface area (Å²) in [6.45, 7) is 2.91. The highest BCUT2D eigenvalue weighted by Gasteiger charge is 2.34. The van der Waals surface area contributed by atoms with Crippen LogP contribution in [0.3, 0.4) is 0 Å². The number of piperidine rings is 1. The van der Waals surface area contributed by atoms with Gasteiger partial charge in [-0.25, -0.2) is 0 Å². The van der Waals surface area contributed by atoms with Crippen molar-refractivity contribution in [3.63, 3.8) is 0 Å². The molecule has 0 saturated carbocycles. The van der Waals surface area contributed by atoms with Crippen LogP contribution in [0.15, 0.2) is 29.2 Å². The Morgan fingerprint density at radius 2 is 2.15 bits per heavy atom. The molecule has 2 aliphatic rings. The SMILES string of the molecule is CSc1ccccc1C(=O)N1CCC2NCCC2C1.Cl. The van der Waals surface area contributed by atoms with Gasteiger partial charge in [0.2, 0.25) is 0 Å². The number of nitrogens with one attached hydrogen (secondary N) is 1. The lowest BCUT2D eigenvalue weighted by molar-refractivity contribution is 0.0658. The highest BCUT2D eigenvalue weighted by atomic mass is 35.5. The molecule has 2 atom stereocenters. The van der Waals surface area contributed by atoms with Crippen molar-refractivity contribution in [1.29, 1.82) is 0 Å². The van der Waals surface area contributed by atoms with Crippen molar-refractivity contribution in [3.05, 3.63) is 29.8 Å². The quantitative estimate of drug-likeness (QED) is 0.852. The highest BCUT2D eigenvalue weighted by Crippen LogP contribution is 2.27. The molecule has 1 amide bonds. The zero-order valence-electron chi connectivity index (χ0n) is 11.7. The second kappa shape index (κ2) is 6.83.